The van der Waals surface area contributed by atoms with E-state index in [2.05, 4.69) is 34.5 Å². The predicted octanol–water partition coefficient (Wildman–Crippen LogP) is 2.86. The second kappa shape index (κ2) is 6.78. The predicted molar refractivity (Wildman–Crippen MR) is 69.6 cm³/mol. The van der Waals surface area contributed by atoms with E-state index in [9.17, 15) is 0 Å². The number of hydrogen-bond acceptors (Lipinski definition) is 3. The SMILES string of the molecule is CC.CCCc1ccc(-c2nnn(C)n2)cc1. The van der Waals surface area contributed by atoms with Crippen molar-refractivity contribution in [3.8, 4) is 11.4 Å². The molecule has 0 radical (unpaired) electrons. The highest BCUT2D eigenvalue weighted by molar-refractivity contribution is 5.54. The maximum atomic E-state index is 4.15. The Kier molecular flexibility index (Phi) is 5.33. The quantitative estimate of drug-likeness (QED) is 0.817. The molecule has 92 valence electrons. The van der Waals surface area contributed by atoms with Crippen molar-refractivity contribution in [2.75, 3.05) is 0 Å². The molecule has 0 aliphatic carbocycles. The number of tetrazole rings is 1. The molecule has 0 N–H and O–H groups in total. The largest absolute Gasteiger partial charge is 0.204 e. The highest BCUT2D eigenvalue weighted by atomic mass is 15.6. The lowest BCUT2D eigenvalue weighted by molar-refractivity contribution is 0.630. The fourth-order valence-corrected chi connectivity index (χ4v) is 1.51. The maximum Gasteiger partial charge on any atom is 0.204 e. The number of hydrogen-bond donors (Lipinski definition) is 0. The molecule has 4 nitrogen and oxygen atoms in total. The van der Waals surface area contributed by atoms with E-state index < -0.39 is 0 Å². The normalized spacial score (nSPS) is 9.65. The number of rotatable bonds is 3. The Balaban J connectivity index is 0.000000686. The highest BCUT2D eigenvalue weighted by Gasteiger charge is 2.03. The number of aromatic nitrogens is 4. The molecule has 0 saturated carbocycles. The fourth-order valence-electron chi connectivity index (χ4n) is 1.51. The Labute approximate surface area is 103 Å². The van der Waals surface area contributed by atoms with Gasteiger partial charge in [0.1, 0.15) is 0 Å². The molecular weight excluding hydrogens is 212 g/mol. The van der Waals surface area contributed by atoms with Crippen LogP contribution in [-0.2, 0) is 13.5 Å². The van der Waals surface area contributed by atoms with Crippen LogP contribution in [0.1, 0.15) is 32.8 Å². The van der Waals surface area contributed by atoms with Crippen molar-refractivity contribution in [1.82, 2.24) is 20.2 Å². The van der Waals surface area contributed by atoms with Gasteiger partial charge in [-0.25, -0.2) is 0 Å². The second-order valence-corrected chi connectivity index (χ2v) is 3.55. The molecule has 0 atom stereocenters. The van der Waals surface area contributed by atoms with E-state index in [0.717, 1.165) is 12.0 Å². The van der Waals surface area contributed by atoms with Gasteiger partial charge in [0.2, 0.25) is 5.82 Å². The Bertz CT molecular complexity index is 431. The van der Waals surface area contributed by atoms with Gasteiger partial charge in [-0.15, -0.1) is 10.2 Å². The van der Waals surface area contributed by atoms with Crippen LogP contribution in [0.15, 0.2) is 24.3 Å². The zero-order chi connectivity index (χ0) is 12.7. The molecule has 17 heavy (non-hydrogen) atoms. The van der Waals surface area contributed by atoms with Gasteiger partial charge in [-0.05, 0) is 17.2 Å². The van der Waals surface area contributed by atoms with Crippen LogP contribution in [0.5, 0.6) is 0 Å². The average Bonchev–Trinajstić information content (AvgIpc) is 2.80. The number of aryl methyl sites for hydroxylation is 2. The van der Waals surface area contributed by atoms with Crippen LogP contribution in [0.2, 0.25) is 0 Å². The summed E-state index contributed by atoms with van der Waals surface area (Å²) in [4.78, 5) is 1.47. The molecule has 0 aliphatic heterocycles. The van der Waals surface area contributed by atoms with Crippen molar-refractivity contribution in [3.63, 3.8) is 0 Å². The first-order valence-corrected chi connectivity index (χ1v) is 6.13. The smallest absolute Gasteiger partial charge is 0.167 e. The summed E-state index contributed by atoms with van der Waals surface area (Å²) in [6, 6.07) is 8.33. The Hall–Kier alpha value is -1.71. The second-order valence-electron chi connectivity index (χ2n) is 3.55. The Morgan fingerprint density at radius 2 is 1.76 bits per heavy atom. The van der Waals surface area contributed by atoms with Crippen LogP contribution in [0.25, 0.3) is 11.4 Å². The lowest BCUT2D eigenvalue weighted by Gasteiger charge is -1.99. The molecule has 1 heterocycles. The minimum atomic E-state index is 0.681. The van der Waals surface area contributed by atoms with Gasteiger partial charge in [-0.2, -0.15) is 4.80 Å². The summed E-state index contributed by atoms with van der Waals surface area (Å²) < 4.78 is 0. The first-order valence-electron chi connectivity index (χ1n) is 6.13. The molecule has 0 spiro atoms. The van der Waals surface area contributed by atoms with Gasteiger partial charge in [0.05, 0.1) is 7.05 Å². The van der Waals surface area contributed by atoms with Crippen molar-refractivity contribution in [2.45, 2.75) is 33.6 Å². The van der Waals surface area contributed by atoms with Crippen LogP contribution in [0.4, 0.5) is 0 Å². The van der Waals surface area contributed by atoms with Gasteiger partial charge in [-0.3, -0.25) is 0 Å². The standard InChI is InChI=1S/C11H14N4.C2H6/c1-3-4-9-5-7-10(8-6-9)11-12-14-15(2)13-11;1-2/h5-8H,3-4H2,1-2H3;1-2H3. The Morgan fingerprint density at radius 3 is 2.24 bits per heavy atom. The van der Waals surface area contributed by atoms with Crippen molar-refractivity contribution >= 4 is 0 Å². The van der Waals surface area contributed by atoms with Gasteiger partial charge in [0, 0.05) is 5.56 Å². The highest BCUT2D eigenvalue weighted by Crippen LogP contribution is 2.14. The molecule has 0 fully saturated rings. The molecule has 1 aromatic carbocycles. The number of benzene rings is 1. The zero-order valence-corrected chi connectivity index (χ0v) is 11.0. The van der Waals surface area contributed by atoms with Gasteiger partial charge in [-0.1, -0.05) is 51.5 Å². The van der Waals surface area contributed by atoms with Gasteiger partial charge < -0.3 is 0 Å². The van der Waals surface area contributed by atoms with E-state index in [-0.39, 0.29) is 0 Å². The first kappa shape index (κ1) is 13.4. The van der Waals surface area contributed by atoms with Gasteiger partial charge in [0.25, 0.3) is 0 Å². The molecule has 4 heteroatoms. The molecule has 0 saturated heterocycles. The summed E-state index contributed by atoms with van der Waals surface area (Å²) in [7, 11) is 1.77. The fraction of sp³-hybridized carbons (Fsp3) is 0.462. The molecule has 2 aromatic rings. The zero-order valence-electron chi connectivity index (χ0n) is 11.0. The summed E-state index contributed by atoms with van der Waals surface area (Å²) in [5.41, 5.74) is 2.37. The van der Waals surface area contributed by atoms with Crippen molar-refractivity contribution in [3.05, 3.63) is 29.8 Å². The van der Waals surface area contributed by atoms with Crippen LogP contribution < -0.4 is 0 Å². The van der Waals surface area contributed by atoms with E-state index in [4.69, 9.17) is 0 Å². The van der Waals surface area contributed by atoms with E-state index in [1.807, 2.05) is 26.0 Å². The van der Waals surface area contributed by atoms with Crippen LogP contribution in [-0.4, -0.2) is 20.2 Å². The van der Waals surface area contributed by atoms with Crippen LogP contribution >= 0.6 is 0 Å². The minimum Gasteiger partial charge on any atom is -0.167 e. The molecule has 1 aromatic heterocycles. The van der Waals surface area contributed by atoms with Crippen molar-refractivity contribution < 1.29 is 0 Å². The van der Waals surface area contributed by atoms with Crippen LogP contribution in [0.3, 0.4) is 0 Å². The number of nitrogens with zero attached hydrogens (tertiary/aromatic N) is 4. The Morgan fingerprint density at radius 1 is 1.12 bits per heavy atom. The van der Waals surface area contributed by atoms with E-state index >= 15 is 0 Å². The van der Waals surface area contributed by atoms with E-state index in [1.54, 1.807) is 7.05 Å². The van der Waals surface area contributed by atoms with E-state index in [1.165, 1.54) is 16.8 Å². The van der Waals surface area contributed by atoms with Gasteiger partial charge in [0.15, 0.2) is 0 Å². The molecule has 0 bridgehead atoms. The summed E-state index contributed by atoms with van der Waals surface area (Å²) in [5, 5.41) is 11.9. The summed E-state index contributed by atoms with van der Waals surface area (Å²) in [6.07, 6.45) is 2.29. The average molecular weight is 232 g/mol. The lowest BCUT2D eigenvalue weighted by atomic mass is 10.1. The van der Waals surface area contributed by atoms with Gasteiger partial charge >= 0.3 is 0 Å². The summed E-state index contributed by atoms with van der Waals surface area (Å²) in [5.74, 6) is 0.681. The summed E-state index contributed by atoms with van der Waals surface area (Å²) in [6.45, 7) is 6.18. The van der Waals surface area contributed by atoms with Crippen molar-refractivity contribution in [2.24, 2.45) is 7.05 Å². The summed E-state index contributed by atoms with van der Waals surface area (Å²) >= 11 is 0. The molecular formula is C13H20N4. The molecule has 0 unspecified atom stereocenters. The maximum absolute atomic E-state index is 4.15. The first-order chi connectivity index (χ1) is 8.29. The minimum absolute atomic E-state index is 0.681. The third kappa shape index (κ3) is 3.66. The molecule has 0 amide bonds. The lowest BCUT2D eigenvalue weighted by Crippen LogP contribution is -1.92. The van der Waals surface area contributed by atoms with E-state index in [0.29, 0.717) is 5.82 Å². The third-order valence-corrected chi connectivity index (χ3v) is 2.26. The van der Waals surface area contributed by atoms with Crippen LogP contribution in [0, 0.1) is 0 Å². The third-order valence-electron chi connectivity index (χ3n) is 2.26. The topological polar surface area (TPSA) is 43.6 Å². The monoisotopic (exact) mass is 232 g/mol. The molecule has 2 rings (SSSR count). The van der Waals surface area contributed by atoms with Crippen molar-refractivity contribution in [1.29, 1.82) is 0 Å². The molecule has 0 aliphatic rings.